The van der Waals surface area contributed by atoms with E-state index in [0.717, 1.165) is 11.4 Å². The highest BCUT2D eigenvalue weighted by Gasteiger charge is 2.05. The number of para-hydroxylation sites is 1. The Balaban J connectivity index is 1.77. The normalized spacial score (nSPS) is 10.2. The van der Waals surface area contributed by atoms with Gasteiger partial charge < -0.3 is 16.0 Å². The Morgan fingerprint density at radius 3 is 2.94 bits per heavy atom. The van der Waals surface area contributed by atoms with E-state index in [1.807, 2.05) is 18.2 Å². The monoisotopic (exact) mass is 244 g/mol. The number of aromatic amines is 1. The van der Waals surface area contributed by atoms with Crippen molar-refractivity contribution in [2.45, 2.75) is 12.8 Å². The minimum Gasteiger partial charge on any atom is -0.398 e. The first-order chi connectivity index (χ1) is 8.75. The van der Waals surface area contributed by atoms with E-state index in [9.17, 15) is 4.79 Å². The van der Waals surface area contributed by atoms with Crippen LogP contribution in [-0.4, -0.2) is 22.4 Å². The zero-order valence-corrected chi connectivity index (χ0v) is 10.0. The maximum absolute atomic E-state index is 11.7. The van der Waals surface area contributed by atoms with Gasteiger partial charge >= 0.3 is 0 Å². The van der Waals surface area contributed by atoms with Gasteiger partial charge in [-0.1, -0.05) is 18.2 Å². The topological polar surface area (TPSA) is 83.8 Å². The summed E-state index contributed by atoms with van der Waals surface area (Å²) in [6.07, 6.45) is 4.47. The molecule has 1 amide bonds. The maximum Gasteiger partial charge on any atom is 0.224 e. The van der Waals surface area contributed by atoms with Crippen LogP contribution >= 0.6 is 0 Å². The van der Waals surface area contributed by atoms with Crippen LogP contribution in [0.5, 0.6) is 0 Å². The van der Waals surface area contributed by atoms with Crippen molar-refractivity contribution in [3.63, 3.8) is 0 Å². The number of nitrogen functional groups attached to an aromatic ring is 1. The van der Waals surface area contributed by atoms with E-state index in [1.165, 1.54) is 0 Å². The third kappa shape index (κ3) is 3.35. The first-order valence-corrected chi connectivity index (χ1v) is 5.84. The van der Waals surface area contributed by atoms with Gasteiger partial charge in [0, 0.05) is 31.0 Å². The fourth-order valence-corrected chi connectivity index (χ4v) is 1.69. The molecule has 0 aliphatic heterocycles. The molecule has 0 fully saturated rings. The van der Waals surface area contributed by atoms with E-state index in [0.29, 0.717) is 25.1 Å². The number of amides is 1. The van der Waals surface area contributed by atoms with E-state index < -0.39 is 0 Å². The number of nitrogens with one attached hydrogen (secondary N) is 2. The van der Waals surface area contributed by atoms with Gasteiger partial charge in [-0.2, -0.15) is 0 Å². The molecular formula is C13H16N4O. The van der Waals surface area contributed by atoms with Gasteiger partial charge in [0.15, 0.2) is 0 Å². The second-order valence-electron chi connectivity index (χ2n) is 4.01. The fourth-order valence-electron chi connectivity index (χ4n) is 1.69. The SMILES string of the molecule is Nc1ccccc1CC(=O)NCCc1ncc[nH]1. The first kappa shape index (κ1) is 12.2. The van der Waals surface area contributed by atoms with Crippen molar-refractivity contribution in [3.05, 3.63) is 48.0 Å². The predicted molar refractivity (Wildman–Crippen MR) is 69.9 cm³/mol. The first-order valence-electron chi connectivity index (χ1n) is 5.84. The second-order valence-corrected chi connectivity index (χ2v) is 4.01. The molecule has 18 heavy (non-hydrogen) atoms. The molecule has 1 aromatic heterocycles. The third-order valence-corrected chi connectivity index (χ3v) is 2.64. The fraction of sp³-hybridized carbons (Fsp3) is 0.231. The van der Waals surface area contributed by atoms with E-state index in [2.05, 4.69) is 15.3 Å². The molecule has 2 aromatic rings. The molecule has 5 heteroatoms. The molecule has 0 spiro atoms. The summed E-state index contributed by atoms with van der Waals surface area (Å²) in [7, 11) is 0. The summed E-state index contributed by atoms with van der Waals surface area (Å²) in [5.74, 6) is 0.842. The van der Waals surface area contributed by atoms with E-state index >= 15 is 0 Å². The third-order valence-electron chi connectivity index (χ3n) is 2.64. The molecular weight excluding hydrogens is 228 g/mol. The Kier molecular flexibility index (Phi) is 3.96. The number of aromatic nitrogens is 2. The maximum atomic E-state index is 11.7. The number of rotatable bonds is 5. The number of benzene rings is 1. The largest absolute Gasteiger partial charge is 0.398 e. The number of imidazole rings is 1. The lowest BCUT2D eigenvalue weighted by Crippen LogP contribution is -2.27. The quantitative estimate of drug-likeness (QED) is 0.683. The Labute approximate surface area is 105 Å². The number of hydrogen-bond donors (Lipinski definition) is 3. The lowest BCUT2D eigenvalue weighted by Gasteiger charge is -2.06. The summed E-state index contributed by atoms with van der Waals surface area (Å²) in [6, 6.07) is 7.39. The minimum absolute atomic E-state index is 0.0283. The van der Waals surface area contributed by atoms with Crippen molar-refractivity contribution in [1.29, 1.82) is 0 Å². The van der Waals surface area contributed by atoms with Crippen LogP contribution in [-0.2, 0) is 17.6 Å². The molecule has 0 atom stereocenters. The molecule has 5 nitrogen and oxygen atoms in total. The van der Waals surface area contributed by atoms with Crippen LogP contribution in [0, 0.1) is 0 Å². The summed E-state index contributed by atoms with van der Waals surface area (Å²) in [5.41, 5.74) is 7.29. The second kappa shape index (κ2) is 5.86. The predicted octanol–water partition coefficient (Wildman–Crippen LogP) is 0.893. The average molecular weight is 244 g/mol. The van der Waals surface area contributed by atoms with Crippen LogP contribution in [0.25, 0.3) is 0 Å². The van der Waals surface area contributed by atoms with Crippen LogP contribution in [0.2, 0.25) is 0 Å². The Morgan fingerprint density at radius 1 is 1.39 bits per heavy atom. The number of carbonyl (C=O) groups is 1. The van der Waals surface area contributed by atoms with Gasteiger partial charge in [0.2, 0.25) is 5.91 Å². The number of nitrogens with two attached hydrogens (primary N) is 1. The molecule has 1 aromatic carbocycles. The molecule has 0 saturated carbocycles. The van der Waals surface area contributed by atoms with Gasteiger partial charge in [-0.3, -0.25) is 4.79 Å². The van der Waals surface area contributed by atoms with Crippen LogP contribution in [0.1, 0.15) is 11.4 Å². The minimum atomic E-state index is -0.0283. The molecule has 0 radical (unpaired) electrons. The van der Waals surface area contributed by atoms with Crippen molar-refractivity contribution < 1.29 is 4.79 Å². The van der Waals surface area contributed by atoms with Crippen LogP contribution < -0.4 is 11.1 Å². The van der Waals surface area contributed by atoms with Gasteiger partial charge in [0.1, 0.15) is 5.82 Å². The van der Waals surface area contributed by atoms with Crippen molar-refractivity contribution in [1.82, 2.24) is 15.3 Å². The number of hydrogen-bond acceptors (Lipinski definition) is 3. The lowest BCUT2D eigenvalue weighted by atomic mass is 10.1. The van der Waals surface area contributed by atoms with Crippen molar-refractivity contribution in [3.8, 4) is 0 Å². The number of anilines is 1. The highest BCUT2D eigenvalue weighted by atomic mass is 16.1. The average Bonchev–Trinajstić information content (AvgIpc) is 2.85. The van der Waals surface area contributed by atoms with Crippen LogP contribution in [0.15, 0.2) is 36.7 Å². The molecule has 1 heterocycles. The molecule has 0 bridgehead atoms. The summed E-state index contributed by atoms with van der Waals surface area (Å²) in [5, 5.41) is 2.84. The van der Waals surface area contributed by atoms with Crippen molar-refractivity contribution >= 4 is 11.6 Å². The summed E-state index contributed by atoms with van der Waals surface area (Å²) >= 11 is 0. The van der Waals surface area contributed by atoms with E-state index in [-0.39, 0.29) is 5.91 Å². The molecule has 4 N–H and O–H groups in total. The summed E-state index contributed by atoms with van der Waals surface area (Å²) in [6.45, 7) is 0.569. The zero-order valence-electron chi connectivity index (χ0n) is 10.0. The van der Waals surface area contributed by atoms with Gasteiger partial charge in [0.25, 0.3) is 0 Å². The molecule has 0 aliphatic carbocycles. The Hall–Kier alpha value is -2.30. The van der Waals surface area contributed by atoms with E-state index in [4.69, 9.17) is 5.73 Å². The Morgan fingerprint density at radius 2 is 2.22 bits per heavy atom. The highest BCUT2D eigenvalue weighted by molar-refractivity contribution is 5.80. The van der Waals surface area contributed by atoms with Crippen molar-refractivity contribution in [2.24, 2.45) is 0 Å². The standard InChI is InChI=1S/C13H16N4O/c14-11-4-2-1-3-10(11)9-13(18)17-6-5-12-15-7-8-16-12/h1-4,7-8H,5-6,9,14H2,(H,15,16)(H,17,18). The zero-order chi connectivity index (χ0) is 12.8. The number of H-pyrrole nitrogens is 1. The molecule has 0 aliphatic rings. The van der Waals surface area contributed by atoms with Gasteiger partial charge in [-0.05, 0) is 11.6 Å². The molecule has 0 unspecified atom stereocenters. The highest BCUT2D eigenvalue weighted by Crippen LogP contribution is 2.10. The van der Waals surface area contributed by atoms with Gasteiger partial charge in [-0.25, -0.2) is 4.98 Å². The summed E-state index contributed by atoms with van der Waals surface area (Å²) in [4.78, 5) is 18.8. The van der Waals surface area contributed by atoms with Gasteiger partial charge in [0.05, 0.1) is 6.42 Å². The van der Waals surface area contributed by atoms with Gasteiger partial charge in [-0.15, -0.1) is 0 Å². The molecule has 94 valence electrons. The molecule has 2 rings (SSSR count). The van der Waals surface area contributed by atoms with Crippen LogP contribution in [0.4, 0.5) is 5.69 Å². The van der Waals surface area contributed by atoms with Crippen molar-refractivity contribution in [2.75, 3.05) is 12.3 Å². The lowest BCUT2D eigenvalue weighted by molar-refractivity contribution is -0.120. The number of nitrogens with zero attached hydrogens (tertiary/aromatic N) is 1. The Bertz CT molecular complexity index is 507. The van der Waals surface area contributed by atoms with Crippen LogP contribution in [0.3, 0.4) is 0 Å². The smallest absolute Gasteiger partial charge is 0.224 e. The summed E-state index contributed by atoms with van der Waals surface area (Å²) < 4.78 is 0. The number of carbonyl (C=O) groups excluding carboxylic acids is 1. The van der Waals surface area contributed by atoms with E-state index in [1.54, 1.807) is 18.5 Å². The molecule has 0 saturated heterocycles.